The largest absolute Gasteiger partial charge is 0.493 e. The van der Waals surface area contributed by atoms with Crippen LogP contribution in [-0.4, -0.2) is 36.0 Å². The Morgan fingerprint density at radius 1 is 1.28 bits per heavy atom. The van der Waals surface area contributed by atoms with Crippen molar-refractivity contribution in [3.63, 3.8) is 0 Å². The van der Waals surface area contributed by atoms with Gasteiger partial charge in [-0.05, 0) is 36.5 Å². The summed E-state index contributed by atoms with van der Waals surface area (Å²) in [7, 11) is 0. The molecule has 2 aliphatic rings. The Bertz CT molecular complexity index is 417. The van der Waals surface area contributed by atoms with Gasteiger partial charge in [0, 0.05) is 30.9 Å². The third-order valence-electron chi connectivity index (χ3n) is 3.88. The molecule has 2 nitrogen and oxygen atoms in total. The van der Waals surface area contributed by atoms with Crippen LogP contribution in [0.4, 0.5) is 0 Å². The zero-order valence-electron chi connectivity index (χ0n) is 10.7. The predicted molar refractivity (Wildman–Crippen MR) is 77.7 cm³/mol. The number of fused-ring (bicyclic) bond motifs is 1. The third-order valence-corrected chi connectivity index (χ3v) is 4.23. The Labute approximate surface area is 117 Å². The SMILES string of the molecule is BrCCN(CCc1ccc2c(c1)CCO2)C1CC1. The van der Waals surface area contributed by atoms with Crippen LogP contribution in [0.25, 0.3) is 0 Å². The quantitative estimate of drug-likeness (QED) is 0.749. The van der Waals surface area contributed by atoms with E-state index in [1.54, 1.807) is 0 Å². The zero-order valence-corrected chi connectivity index (χ0v) is 12.3. The van der Waals surface area contributed by atoms with Crippen molar-refractivity contribution in [3.05, 3.63) is 29.3 Å². The highest BCUT2D eigenvalue weighted by atomic mass is 79.9. The van der Waals surface area contributed by atoms with Gasteiger partial charge in [-0.3, -0.25) is 4.90 Å². The molecule has 0 radical (unpaired) electrons. The molecule has 0 saturated heterocycles. The summed E-state index contributed by atoms with van der Waals surface area (Å²) in [5.74, 6) is 1.10. The molecule has 3 heteroatoms. The van der Waals surface area contributed by atoms with E-state index in [4.69, 9.17) is 4.74 Å². The molecule has 0 amide bonds. The van der Waals surface area contributed by atoms with Gasteiger partial charge in [-0.15, -0.1) is 0 Å². The molecular weight excluding hydrogens is 290 g/mol. The van der Waals surface area contributed by atoms with Crippen molar-refractivity contribution in [2.24, 2.45) is 0 Å². The Hall–Kier alpha value is -0.540. The van der Waals surface area contributed by atoms with Gasteiger partial charge in [-0.25, -0.2) is 0 Å². The van der Waals surface area contributed by atoms with Gasteiger partial charge in [0.2, 0.25) is 0 Å². The number of alkyl halides is 1. The van der Waals surface area contributed by atoms with Crippen molar-refractivity contribution in [2.45, 2.75) is 31.7 Å². The van der Waals surface area contributed by atoms with Gasteiger partial charge in [-0.2, -0.15) is 0 Å². The van der Waals surface area contributed by atoms with E-state index in [-0.39, 0.29) is 0 Å². The second-order valence-corrected chi connectivity index (χ2v) is 6.04. The molecule has 1 aliphatic carbocycles. The van der Waals surface area contributed by atoms with Gasteiger partial charge in [-0.1, -0.05) is 28.1 Å². The van der Waals surface area contributed by atoms with Crippen LogP contribution in [0.2, 0.25) is 0 Å². The summed E-state index contributed by atoms with van der Waals surface area (Å²) in [5.41, 5.74) is 2.85. The second kappa shape index (κ2) is 5.62. The number of benzene rings is 1. The lowest BCUT2D eigenvalue weighted by atomic mass is 10.1. The molecule has 0 atom stereocenters. The van der Waals surface area contributed by atoms with Crippen LogP contribution in [0.15, 0.2) is 18.2 Å². The number of nitrogens with zero attached hydrogens (tertiary/aromatic N) is 1. The maximum absolute atomic E-state index is 5.55. The first-order valence-electron chi connectivity index (χ1n) is 6.91. The first-order valence-corrected chi connectivity index (χ1v) is 8.03. The van der Waals surface area contributed by atoms with Crippen LogP contribution in [0, 0.1) is 0 Å². The molecular formula is C15H20BrNO. The van der Waals surface area contributed by atoms with Gasteiger partial charge in [0.1, 0.15) is 5.75 Å². The first kappa shape index (κ1) is 12.5. The lowest BCUT2D eigenvalue weighted by molar-refractivity contribution is 0.284. The van der Waals surface area contributed by atoms with Gasteiger partial charge in [0.05, 0.1) is 6.61 Å². The molecule has 3 rings (SSSR count). The molecule has 1 aromatic carbocycles. The van der Waals surface area contributed by atoms with E-state index >= 15 is 0 Å². The average molecular weight is 310 g/mol. The molecule has 0 unspecified atom stereocenters. The number of hydrogen-bond acceptors (Lipinski definition) is 2. The Kier molecular flexibility index (Phi) is 3.90. The van der Waals surface area contributed by atoms with Crippen molar-refractivity contribution in [3.8, 4) is 5.75 Å². The van der Waals surface area contributed by atoms with Gasteiger partial charge < -0.3 is 4.74 Å². The minimum absolute atomic E-state index is 0.858. The summed E-state index contributed by atoms with van der Waals surface area (Å²) >= 11 is 3.55. The summed E-state index contributed by atoms with van der Waals surface area (Å²) in [5, 5.41) is 1.08. The number of hydrogen-bond donors (Lipinski definition) is 0. The standard InChI is InChI=1S/C15H20BrNO/c16-7-9-17(14-2-3-14)8-5-12-1-4-15-13(11-12)6-10-18-15/h1,4,11,14H,2-3,5-10H2. The molecule has 0 N–H and O–H groups in total. The van der Waals surface area contributed by atoms with Gasteiger partial charge in [0.15, 0.2) is 0 Å². The summed E-state index contributed by atoms with van der Waals surface area (Å²) in [6, 6.07) is 7.56. The summed E-state index contributed by atoms with van der Waals surface area (Å²) in [4.78, 5) is 2.62. The number of ether oxygens (including phenoxy) is 1. The van der Waals surface area contributed by atoms with E-state index in [0.717, 1.165) is 36.6 Å². The van der Waals surface area contributed by atoms with E-state index in [9.17, 15) is 0 Å². The summed E-state index contributed by atoms with van der Waals surface area (Å²) in [6.45, 7) is 3.23. The van der Waals surface area contributed by atoms with Crippen LogP contribution in [0.1, 0.15) is 24.0 Å². The van der Waals surface area contributed by atoms with Crippen molar-refractivity contribution >= 4 is 15.9 Å². The van der Waals surface area contributed by atoms with E-state index in [2.05, 4.69) is 39.0 Å². The normalized spacial score (nSPS) is 17.9. The molecule has 1 heterocycles. The maximum Gasteiger partial charge on any atom is 0.122 e. The van der Waals surface area contributed by atoms with E-state index in [1.165, 1.54) is 37.1 Å². The van der Waals surface area contributed by atoms with Crippen molar-refractivity contribution in [2.75, 3.05) is 25.0 Å². The molecule has 0 aromatic heterocycles. The summed E-state index contributed by atoms with van der Waals surface area (Å²) < 4.78 is 5.55. The van der Waals surface area contributed by atoms with Gasteiger partial charge in [0.25, 0.3) is 0 Å². The van der Waals surface area contributed by atoms with Crippen LogP contribution in [0.3, 0.4) is 0 Å². The molecule has 18 heavy (non-hydrogen) atoms. The first-order chi connectivity index (χ1) is 8.86. The molecule has 1 aliphatic heterocycles. The fraction of sp³-hybridized carbons (Fsp3) is 0.600. The summed E-state index contributed by atoms with van der Waals surface area (Å²) in [6.07, 6.45) is 5.03. The minimum Gasteiger partial charge on any atom is -0.493 e. The maximum atomic E-state index is 5.55. The van der Waals surface area contributed by atoms with Crippen molar-refractivity contribution in [1.29, 1.82) is 0 Å². The van der Waals surface area contributed by atoms with Crippen LogP contribution in [0.5, 0.6) is 5.75 Å². The van der Waals surface area contributed by atoms with Crippen LogP contribution in [-0.2, 0) is 12.8 Å². The fourth-order valence-corrected chi connectivity index (χ4v) is 3.15. The zero-order chi connectivity index (χ0) is 12.4. The van der Waals surface area contributed by atoms with Crippen LogP contribution >= 0.6 is 15.9 Å². The Balaban J connectivity index is 1.58. The van der Waals surface area contributed by atoms with E-state index < -0.39 is 0 Å². The number of rotatable bonds is 6. The molecule has 1 fully saturated rings. The van der Waals surface area contributed by atoms with E-state index in [1.807, 2.05) is 0 Å². The predicted octanol–water partition coefficient (Wildman–Crippen LogP) is 3.02. The molecule has 98 valence electrons. The topological polar surface area (TPSA) is 12.5 Å². The monoisotopic (exact) mass is 309 g/mol. The highest BCUT2D eigenvalue weighted by Crippen LogP contribution is 2.28. The Morgan fingerprint density at radius 2 is 2.17 bits per heavy atom. The highest BCUT2D eigenvalue weighted by Gasteiger charge is 2.27. The molecule has 1 saturated carbocycles. The third kappa shape index (κ3) is 2.89. The smallest absolute Gasteiger partial charge is 0.122 e. The van der Waals surface area contributed by atoms with Crippen LogP contribution < -0.4 is 4.74 Å². The molecule has 0 bridgehead atoms. The van der Waals surface area contributed by atoms with E-state index in [0.29, 0.717) is 0 Å². The molecule has 0 spiro atoms. The number of halogens is 1. The lowest BCUT2D eigenvalue weighted by Gasteiger charge is -2.20. The van der Waals surface area contributed by atoms with Crippen molar-refractivity contribution < 1.29 is 4.74 Å². The average Bonchev–Trinajstić information content (AvgIpc) is 3.12. The van der Waals surface area contributed by atoms with Crippen molar-refractivity contribution in [1.82, 2.24) is 4.90 Å². The Morgan fingerprint density at radius 3 is 2.94 bits per heavy atom. The second-order valence-electron chi connectivity index (χ2n) is 5.25. The lowest BCUT2D eigenvalue weighted by Crippen LogP contribution is -2.30. The highest BCUT2D eigenvalue weighted by molar-refractivity contribution is 9.09. The minimum atomic E-state index is 0.858. The fourth-order valence-electron chi connectivity index (χ4n) is 2.69. The molecule has 1 aromatic rings. The van der Waals surface area contributed by atoms with Gasteiger partial charge >= 0.3 is 0 Å².